The van der Waals surface area contributed by atoms with Crippen LogP contribution >= 0.6 is 11.8 Å². The minimum absolute atomic E-state index is 0.0113. The van der Waals surface area contributed by atoms with Gasteiger partial charge in [-0.25, -0.2) is 4.79 Å². The van der Waals surface area contributed by atoms with Crippen molar-refractivity contribution in [2.24, 2.45) is 11.8 Å². The zero-order valence-electron chi connectivity index (χ0n) is 16.0. The summed E-state index contributed by atoms with van der Waals surface area (Å²) in [6, 6.07) is -0.554. The number of carbonyl (C=O) groups excluding carboxylic acids is 2. The molecule has 3 aliphatic rings. The summed E-state index contributed by atoms with van der Waals surface area (Å²) >= 11 is 1.47. The molecule has 0 aromatic carbocycles. The van der Waals surface area contributed by atoms with Crippen LogP contribution in [0, 0.1) is 11.8 Å². The molecular weight excluding hydrogens is 370 g/mol. The number of aliphatic carboxylic acids is 1. The number of amides is 2. The van der Waals surface area contributed by atoms with E-state index in [0.29, 0.717) is 24.3 Å². The molecule has 3 heterocycles. The Morgan fingerprint density at radius 1 is 1.41 bits per heavy atom. The fourth-order valence-corrected chi connectivity index (χ4v) is 6.02. The number of fused-ring (bicyclic) bond motifs is 1. The highest BCUT2D eigenvalue weighted by Gasteiger charge is 2.61. The molecule has 0 radical (unpaired) electrons. The lowest BCUT2D eigenvalue weighted by Crippen LogP contribution is -2.63. The second-order valence-corrected chi connectivity index (χ2v) is 9.01. The van der Waals surface area contributed by atoms with Gasteiger partial charge in [-0.1, -0.05) is 6.92 Å². The first-order valence-electron chi connectivity index (χ1n) is 9.28. The van der Waals surface area contributed by atoms with Gasteiger partial charge in [0.1, 0.15) is 5.70 Å². The maximum Gasteiger partial charge on any atom is 0.353 e. The molecule has 0 saturated carbocycles. The number of carboxylic acid groups (broad SMARTS) is 1. The number of carboxylic acids is 1. The third-order valence-corrected chi connectivity index (χ3v) is 7.14. The lowest BCUT2D eigenvalue weighted by atomic mass is 9.77. The van der Waals surface area contributed by atoms with E-state index in [1.807, 2.05) is 6.92 Å². The minimum Gasteiger partial charge on any atom is -0.477 e. The molecule has 3 rings (SSSR count). The van der Waals surface area contributed by atoms with Crippen molar-refractivity contribution < 1.29 is 24.6 Å². The summed E-state index contributed by atoms with van der Waals surface area (Å²) in [6.07, 6.45) is 0.506. The second kappa shape index (κ2) is 7.44. The molecule has 0 bridgehead atoms. The van der Waals surface area contributed by atoms with Gasteiger partial charge in [-0.3, -0.25) is 9.59 Å². The van der Waals surface area contributed by atoms with Crippen LogP contribution in [0.3, 0.4) is 0 Å². The van der Waals surface area contributed by atoms with E-state index in [2.05, 4.69) is 5.32 Å². The van der Waals surface area contributed by atoms with E-state index in [1.165, 1.54) is 16.7 Å². The second-order valence-electron chi connectivity index (χ2n) is 7.67. The van der Waals surface area contributed by atoms with Gasteiger partial charge < -0.3 is 25.3 Å². The predicted octanol–water partition coefficient (Wildman–Crippen LogP) is 0.0821. The monoisotopic (exact) mass is 397 g/mol. The van der Waals surface area contributed by atoms with Crippen molar-refractivity contribution in [1.29, 1.82) is 0 Å². The maximum atomic E-state index is 12.5. The van der Waals surface area contributed by atoms with Crippen molar-refractivity contribution in [3.05, 3.63) is 10.6 Å². The fraction of sp³-hybridized carbons (Fsp3) is 0.722. The van der Waals surface area contributed by atoms with Gasteiger partial charge >= 0.3 is 5.97 Å². The molecule has 2 amide bonds. The van der Waals surface area contributed by atoms with Gasteiger partial charge in [-0.05, 0) is 19.8 Å². The number of likely N-dealkylation sites (N-methyl/N-ethyl adjacent to an activating group) is 1. The van der Waals surface area contributed by atoms with E-state index in [0.717, 1.165) is 0 Å². The summed E-state index contributed by atoms with van der Waals surface area (Å²) in [5, 5.41) is 23.0. The Labute approximate surface area is 163 Å². The standard InChI is InChI=1S/C18H27N3O5S/c1-5-10-13-12(8(2)22)17(24)21(13)14(18(25)26)15(10)27-9-6-11(19-7-9)16(23)20(3)4/h8-13,19,22H,5-7H2,1-4H3,(H,25,26). The lowest BCUT2D eigenvalue weighted by Gasteiger charge is -2.46. The largest absolute Gasteiger partial charge is 0.477 e. The third-order valence-electron chi connectivity index (χ3n) is 5.70. The summed E-state index contributed by atoms with van der Waals surface area (Å²) in [4.78, 5) is 40.2. The number of nitrogens with one attached hydrogen (secondary N) is 1. The minimum atomic E-state index is -1.11. The number of carbonyl (C=O) groups is 3. The van der Waals surface area contributed by atoms with E-state index in [4.69, 9.17) is 0 Å². The Bertz CT molecular complexity index is 692. The van der Waals surface area contributed by atoms with Crippen LogP contribution in [0.2, 0.25) is 0 Å². The van der Waals surface area contributed by atoms with Crippen molar-refractivity contribution in [2.45, 2.75) is 50.1 Å². The number of thioether (sulfide) groups is 1. The summed E-state index contributed by atoms with van der Waals surface area (Å²) in [6.45, 7) is 4.16. The smallest absolute Gasteiger partial charge is 0.353 e. The van der Waals surface area contributed by atoms with Gasteiger partial charge in [0.15, 0.2) is 0 Å². The molecule has 0 spiro atoms. The first-order chi connectivity index (χ1) is 12.7. The number of aliphatic hydroxyl groups excluding tert-OH is 1. The number of hydrogen-bond acceptors (Lipinski definition) is 6. The molecule has 27 heavy (non-hydrogen) atoms. The Morgan fingerprint density at radius 2 is 2.07 bits per heavy atom. The van der Waals surface area contributed by atoms with Gasteiger partial charge in [0.2, 0.25) is 11.8 Å². The number of aliphatic hydroxyl groups is 1. The number of hydrogen-bond donors (Lipinski definition) is 3. The molecule has 0 aromatic heterocycles. The van der Waals surface area contributed by atoms with Gasteiger partial charge in [0, 0.05) is 36.7 Å². The number of β-lactam (4-membered cyclic amide) rings is 1. The molecule has 6 unspecified atom stereocenters. The zero-order valence-corrected chi connectivity index (χ0v) is 16.8. The summed E-state index contributed by atoms with van der Waals surface area (Å²) in [5.41, 5.74) is 0.0566. The Kier molecular flexibility index (Phi) is 5.56. The average Bonchev–Trinajstić information content (AvgIpc) is 3.15. The molecule has 2 saturated heterocycles. The van der Waals surface area contributed by atoms with Gasteiger partial charge in [0.05, 0.1) is 24.1 Å². The predicted molar refractivity (Wildman–Crippen MR) is 101 cm³/mol. The van der Waals surface area contributed by atoms with Crippen LogP contribution in [0.4, 0.5) is 0 Å². The third kappa shape index (κ3) is 3.25. The Balaban J connectivity index is 1.82. The van der Waals surface area contributed by atoms with Gasteiger partial charge in [-0.15, -0.1) is 11.8 Å². The summed E-state index contributed by atoms with van der Waals surface area (Å²) in [5.74, 6) is -2.05. The molecule has 6 atom stereocenters. The van der Waals surface area contributed by atoms with Crippen LogP contribution in [-0.4, -0.2) is 81.9 Å². The zero-order chi connectivity index (χ0) is 20.0. The molecule has 0 aromatic rings. The number of nitrogens with zero attached hydrogens (tertiary/aromatic N) is 2. The van der Waals surface area contributed by atoms with E-state index in [9.17, 15) is 24.6 Å². The van der Waals surface area contributed by atoms with Crippen LogP contribution in [0.5, 0.6) is 0 Å². The summed E-state index contributed by atoms with van der Waals surface area (Å²) in [7, 11) is 3.43. The van der Waals surface area contributed by atoms with Crippen molar-refractivity contribution in [2.75, 3.05) is 20.6 Å². The normalized spacial score (nSPS) is 33.7. The lowest BCUT2D eigenvalue weighted by molar-refractivity contribution is -0.163. The van der Waals surface area contributed by atoms with Crippen LogP contribution in [-0.2, 0) is 14.4 Å². The van der Waals surface area contributed by atoms with Crippen LogP contribution in [0.1, 0.15) is 26.7 Å². The molecule has 8 nitrogen and oxygen atoms in total. The van der Waals surface area contributed by atoms with Crippen LogP contribution in [0.25, 0.3) is 0 Å². The average molecular weight is 397 g/mol. The Morgan fingerprint density at radius 3 is 2.59 bits per heavy atom. The topological polar surface area (TPSA) is 110 Å². The van der Waals surface area contributed by atoms with Crippen LogP contribution < -0.4 is 5.32 Å². The number of rotatable bonds is 6. The first kappa shape index (κ1) is 20.2. The quantitative estimate of drug-likeness (QED) is 0.545. The van der Waals surface area contributed by atoms with Crippen molar-refractivity contribution in [1.82, 2.24) is 15.1 Å². The molecule has 2 fully saturated rings. The van der Waals surface area contributed by atoms with Crippen molar-refractivity contribution >= 4 is 29.5 Å². The maximum absolute atomic E-state index is 12.5. The van der Waals surface area contributed by atoms with E-state index in [1.54, 1.807) is 25.9 Å². The first-order valence-corrected chi connectivity index (χ1v) is 10.2. The van der Waals surface area contributed by atoms with E-state index >= 15 is 0 Å². The Hall–Kier alpha value is -1.58. The molecule has 9 heteroatoms. The highest BCUT2D eigenvalue weighted by atomic mass is 32.2. The van der Waals surface area contributed by atoms with Crippen molar-refractivity contribution in [3.8, 4) is 0 Å². The van der Waals surface area contributed by atoms with Crippen LogP contribution in [0.15, 0.2) is 10.6 Å². The molecule has 3 aliphatic heterocycles. The molecular formula is C18H27N3O5S. The van der Waals surface area contributed by atoms with Gasteiger partial charge in [0.25, 0.3) is 0 Å². The van der Waals surface area contributed by atoms with E-state index in [-0.39, 0.29) is 40.8 Å². The molecule has 150 valence electrons. The molecule has 0 aliphatic carbocycles. The van der Waals surface area contributed by atoms with E-state index < -0.39 is 18.0 Å². The fourth-order valence-electron chi connectivity index (χ4n) is 4.41. The SMILES string of the molecule is CCC1C(SC2CNC(C(=O)N(C)C)C2)=C(C(=O)O)N2C(=O)C(C(C)O)C12. The molecule has 3 N–H and O–H groups in total. The van der Waals surface area contributed by atoms with Gasteiger partial charge in [-0.2, -0.15) is 0 Å². The summed E-state index contributed by atoms with van der Waals surface area (Å²) < 4.78 is 0. The van der Waals surface area contributed by atoms with Crippen molar-refractivity contribution in [3.63, 3.8) is 0 Å². The highest BCUT2D eigenvalue weighted by Crippen LogP contribution is 2.53. The highest BCUT2D eigenvalue weighted by molar-refractivity contribution is 8.03.